The van der Waals surface area contributed by atoms with E-state index in [1.807, 2.05) is 32.0 Å². The minimum absolute atomic E-state index is 0.255. The molecule has 116 valence electrons. The summed E-state index contributed by atoms with van der Waals surface area (Å²) < 4.78 is 0. The first kappa shape index (κ1) is 15.9. The summed E-state index contributed by atoms with van der Waals surface area (Å²) in [4.78, 5) is 12.2. The molecule has 22 heavy (non-hydrogen) atoms. The van der Waals surface area contributed by atoms with Crippen molar-refractivity contribution >= 4 is 17.4 Å². The van der Waals surface area contributed by atoms with E-state index in [1.165, 1.54) is 0 Å². The van der Waals surface area contributed by atoms with Crippen LogP contribution in [0.5, 0.6) is 0 Å². The summed E-state index contributed by atoms with van der Waals surface area (Å²) in [6, 6.07) is 9.34. The van der Waals surface area contributed by atoms with Gasteiger partial charge in [0.15, 0.2) is 5.69 Å². The van der Waals surface area contributed by atoms with E-state index >= 15 is 0 Å². The molecule has 1 heterocycles. The van der Waals surface area contributed by atoms with Gasteiger partial charge in [0.2, 0.25) is 0 Å². The van der Waals surface area contributed by atoms with E-state index < -0.39 is 0 Å². The molecule has 0 fully saturated rings. The Balaban J connectivity index is 2.03. The van der Waals surface area contributed by atoms with Gasteiger partial charge < -0.3 is 10.6 Å². The number of hydrogen-bond acceptors (Lipinski definition) is 4. The predicted molar refractivity (Wildman–Crippen MR) is 89.2 cm³/mol. The highest BCUT2D eigenvalue weighted by Gasteiger charge is 2.10. The fourth-order valence-corrected chi connectivity index (χ4v) is 2.00. The molecule has 0 aliphatic heterocycles. The van der Waals surface area contributed by atoms with Crippen molar-refractivity contribution in [3.8, 4) is 0 Å². The maximum Gasteiger partial charge on any atom is 0.276 e. The average Bonchev–Trinajstić information content (AvgIpc) is 2.48. The van der Waals surface area contributed by atoms with Gasteiger partial charge >= 0.3 is 0 Å². The summed E-state index contributed by atoms with van der Waals surface area (Å²) in [7, 11) is 0. The summed E-state index contributed by atoms with van der Waals surface area (Å²) in [6.45, 7) is 9.04. The quantitative estimate of drug-likeness (QED) is 0.887. The molecule has 0 atom stereocenters. The molecule has 0 aliphatic carbocycles. The van der Waals surface area contributed by atoms with Crippen LogP contribution in [0.4, 0.5) is 11.5 Å². The van der Waals surface area contributed by atoms with Crippen molar-refractivity contribution in [2.24, 2.45) is 5.92 Å². The number of amides is 1. The molecule has 0 bridgehead atoms. The van der Waals surface area contributed by atoms with Gasteiger partial charge in [0.25, 0.3) is 5.91 Å². The smallest absolute Gasteiger partial charge is 0.276 e. The van der Waals surface area contributed by atoms with Gasteiger partial charge in [-0.05, 0) is 43.5 Å². The van der Waals surface area contributed by atoms with Crippen LogP contribution in [0.1, 0.15) is 35.5 Å². The van der Waals surface area contributed by atoms with Crippen LogP contribution in [-0.2, 0) is 0 Å². The van der Waals surface area contributed by atoms with Gasteiger partial charge in [-0.15, -0.1) is 10.2 Å². The van der Waals surface area contributed by atoms with Crippen LogP contribution >= 0.6 is 0 Å². The van der Waals surface area contributed by atoms with Gasteiger partial charge in [-0.2, -0.15) is 0 Å². The van der Waals surface area contributed by atoms with Gasteiger partial charge in [-0.3, -0.25) is 4.79 Å². The molecule has 1 aromatic carbocycles. The van der Waals surface area contributed by atoms with Crippen LogP contribution in [0.2, 0.25) is 0 Å². The lowest BCUT2D eigenvalue weighted by atomic mass is 10.1. The van der Waals surface area contributed by atoms with E-state index in [-0.39, 0.29) is 5.91 Å². The van der Waals surface area contributed by atoms with Gasteiger partial charge in [-0.25, -0.2) is 0 Å². The molecule has 1 aromatic heterocycles. The SMILES string of the molecule is Cc1ccc(NC(=O)c2ccc(NCC(C)C)nn2)c(C)c1. The predicted octanol–water partition coefficient (Wildman–Crippen LogP) is 3.41. The van der Waals surface area contributed by atoms with Crippen LogP contribution in [-0.4, -0.2) is 22.6 Å². The van der Waals surface area contributed by atoms with Crippen LogP contribution in [0.3, 0.4) is 0 Å². The second-order valence-corrected chi connectivity index (χ2v) is 5.85. The van der Waals surface area contributed by atoms with Crippen molar-refractivity contribution in [3.05, 3.63) is 47.2 Å². The second kappa shape index (κ2) is 7.02. The van der Waals surface area contributed by atoms with E-state index in [9.17, 15) is 4.79 Å². The molecule has 2 N–H and O–H groups in total. The Labute approximate surface area is 131 Å². The maximum absolute atomic E-state index is 12.2. The molecular formula is C17H22N4O. The lowest BCUT2D eigenvalue weighted by Gasteiger charge is -2.09. The first-order chi connectivity index (χ1) is 10.5. The number of hydrogen-bond donors (Lipinski definition) is 2. The summed E-state index contributed by atoms with van der Waals surface area (Å²) in [5.74, 6) is 0.945. The number of rotatable bonds is 5. The molecule has 1 amide bonds. The van der Waals surface area contributed by atoms with Gasteiger partial charge in [0.1, 0.15) is 5.82 Å². The Morgan fingerprint density at radius 2 is 1.91 bits per heavy atom. The summed E-state index contributed by atoms with van der Waals surface area (Å²) in [6.07, 6.45) is 0. The van der Waals surface area contributed by atoms with Crippen molar-refractivity contribution in [1.29, 1.82) is 0 Å². The number of aryl methyl sites for hydroxylation is 2. The molecule has 0 saturated carbocycles. The Hall–Kier alpha value is -2.43. The summed E-state index contributed by atoms with van der Waals surface area (Å²) in [5.41, 5.74) is 3.28. The molecule has 2 aromatic rings. The number of anilines is 2. The van der Waals surface area contributed by atoms with Crippen LogP contribution in [0.25, 0.3) is 0 Å². The first-order valence-corrected chi connectivity index (χ1v) is 7.42. The minimum atomic E-state index is -0.255. The zero-order chi connectivity index (χ0) is 16.1. The zero-order valence-electron chi connectivity index (χ0n) is 13.5. The molecule has 0 radical (unpaired) electrons. The summed E-state index contributed by atoms with van der Waals surface area (Å²) in [5, 5.41) is 14.0. The largest absolute Gasteiger partial charge is 0.368 e. The highest BCUT2D eigenvalue weighted by atomic mass is 16.1. The lowest BCUT2D eigenvalue weighted by molar-refractivity contribution is 0.102. The van der Waals surface area contributed by atoms with E-state index in [2.05, 4.69) is 34.7 Å². The Morgan fingerprint density at radius 1 is 1.14 bits per heavy atom. The van der Waals surface area contributed by atoms with Gasteiger partial charge in [0, 0.05) is 12.2 Å². The number of carbonyl (C=O) groups is 1. The van der Waals surface area contributed by atoms with Crippen molar-refractivity contribution in [1.82, 2.24) is 10.2 Å². The number of nitrogens with zero attached hydrogens (tertiary/aromatic N) is 2. The Morgan fingerprint density at radius 3 is 2.50 bits per heavy atom. The molecule has 0 unspecified atom stereocenters. The second-order valence-electron chi connectivity index (χ2n) is 5.85. The molecule has 2 rings (SSSR count). The number of aromatic nitrogens is 2. The monoisotopic (exact) mass is 298 g/mol. The van der Waals surface area contributed by atoms with Crippen LogP contribution in [0, 0.1) is 19.8 Å². The van der Waals surface area contributed by atoms with Gasteiger partial charge in [0.05, 0.1) is 0 Å². The fraction of sp³-hybridized carbons (Fsp3) is 0.353. The maximum atomic E-state index is 12.2. The van der Waals surface area contributed by atoms with E-state index in [1.54, 1.807) is 12.1 Å². The first-order valence-electron chi connectivity index (χ1n) is 7.42. The number of carbonyl (C=O) groups excluding carboxylic acids is 1. The van der Waals surface area contributed by atoms with Gasteiger partial charge in [-0.1, -0.05) is 31.5 Å². The number of benzene rings is 1. The highest BCUT2D eigenvalue weighted by Crippen LogP contribution is 2.16. The standard InChI is InChI=1S/C17H22N4O/c1-11(2)10-18-16-8-7-15(20-21-16)17(22)19-14-6-5-12(3)9-13(14)4/h5-9,11H,10H2,1-4H3,(H,18,21)(H,19,22). The number of nitrogens with one attached hydrogen (secondary N) is 2. The summed E-state index contributed by atoms with van der Waals surface area (Å²) >= 11 is 0. The molecule has 5 heteroatoms. The van der Waals surface area contributed by atoms with Crippen LogP contribution < -0.4 is 10.6 Å². The van der Waals surface area contributed by atoms with Crippen molar-refractivity contribution in [2.75, 3.05) is 17.2 Å². The average molecular weight is 298 g/mol. The van der Waals surface area contributed by atoms with Crippen molar-refractivity contribution in [3.63, 3.8) is 0 Å². The van der Waals surface area contributed by atoms with E-state index in [4.69, 9.17) is 0 Å². The third kappa shape index (κ3) is 4.28. The molecule has 0 spiro atoms. The van der Waals surface area contributed by atoms with E-state index in [0.29, 0.717) is 17.4 Å². The normalized spacial score (nSPS) is 10.6. The molecular weight excluding hydrogens is 276 g/mol. The van der Waals surface area contributed by atoms with Crippen molar-refractivity contribution < 1.29 is 4.79 Å². The Bertz CT molecular complexity index is 650. The van der Waals surface area contributed by atoms with Crippen LogP contribution in [0.15, 0.2) is 30.3 Å². The fourth-order valence-electron chi connectivity index (χ4n) is 2.00. The van der Waals surface area contributed by atoms with E-state index in [0.717, 1.165) is 23.4 Å². The molecule has 5 nitrogen and oxygen atoms in total. The highest BCUT2D eigenvalue weighted by molar-refractivity contribution is 6.03. The van der Waals surface area contributed by atoms with Crippen molar-refractivity contribution in [2.45, 2.75) is 27.7 Å². The molecule has 0 aliphatic rings. The third-order valence-electron chi connectivity index (χ3n) is 3.22. The zero-order valence-corrected chi connectivity index (χ0v) is 13.5. The Kier molecular flexibility index (Phi) is 5.09. The minimum Gasteiger partial charge on any atom is -0.368 e. The topological polar surface area (TPSA) is 66.9 Å². The third-order valence-corrected chi connectivity index (χ3v) is 3.22. The lowest BCUT2D eigenvalue weighted by Crippen LogP contribution is -2.16. The molecule has 0 saturated heterocycles.